The van der Waals surface area contributed by atoms with E-state index in [2.05, 4.69) is 49.3 Å². The zero-order valence-corrected chi connectivity index (χ0v) is 14.0. The molecule has 0 radical (unpaired) electrons. The number of benzene rings is 1. The Kier molecular flexibility index (Phi) is 5.92. The molecule has 1 unspecified atom stereocenters. The minimum atomic E-state index is 0.225. The maximum atomic E-state index is 5.83. The fourth-order valence-electron chi connectivity index (χ4n) is 3.20. The lowest BCUT2D eigenvalue weighted by molar-refractivity contribution is 0.176. The summed E-state index contributed by atoms with van der Waals surface area (Å²) in [5.41, 5.74) is 2.60. The zero-order chi connectivity index (χ0) is 15.2. The number of hydrogen-bond acceptors (Lipinski definition) is 3. The van der Waals surface area contributed by atoms with Gasteiger partial charge in [0.25, 0.3) is 0 Å². The van der Waals surface area contributed by atoms with E-state index in [9.17, 15) is 0 Å². The van der Waals surface area contributed by atoms with Gasteiger partial charge in [0.05, 0.1) is 6.10 Å². The fraction of sp³-hybridized carbons (Fsp3) is 0.667. The Balaban J connectivity index is 2.02. The first-order valence-electron chi connectivity index (χ1n) is 8.27. The summed E-state index contributed by atoms with van der Waals surface area (Å²) in [6, 6.07) is 7.13. The predicted octanol–water partition coefficient (Wildman–Crippen LogP) is 3.93. The summed E-state index contributed by atoms with van der Waals surface area (Å²) in [5, 5.41) is 3.31. The maximum absolute atomic E-state index is 5.83. The fourth-order valence-corrected chi connectivity index (χ4v) is 3.20. The Labute approximate surface area is 129 Å². The maximum Gasteiger partial charge on any atom is 0.120 e. The topological polar surface area (TPSA) is 24.5 Å². The highest BCUT2D eigenvalue weighted by Crippen LogP contribution is 2.26. The number of rotatable bonds is 6. The van der Waals surface area contributed by atoms with Crippen LogP contribution < -0.4 is 10.1 Å². The number of likely N-dealkylation sites (tertiary alicyclic amines) is 1. The van der Waals surface area contributed by atoms with Crippen LogP contribution >= 0.6 is 0 Å². The van der Waals surface area contributed by atoms with E-state index >= 15 is 0 Å². The number of aryl methyl sites for hydroxylation is 1. The van der Waals surface area contributed by atoms with Gasteiger partial charge in [-0.3, -0.25) is 0 Å². The van der Waals surface area contributed by atoms with Crippen molar-refractivity contribution in [1.29, 1.82) is 0 Å². The Morgan fingerprint density at radius 3 is 2.81 bits per heavy atom. The largest absolute Gasteiger partial charge is 0.491 e. The van der Waals surface area contributed by atoms with Gasteiger partial charge in [-0.05, 0) is 76.9 Å². The Morgan fingerprint density at radius 1 is 1.33 bits per heavy atom. The first kappa shape index (κ1) is 16.2. The van der Waals surface area contributed by atoms with Crippen molar-refractivity contribution in [3.8, 4) is 5.75 Å². The van der Waals surface area contributed by atoms with E-state index < -0.39 is 0 Å². The van der Waals surface area contributed by atoms with Crippen LogP contribution in [0.15, 0.2) is 18.2 Å². The minimum Gasteiger partial charge on any atom is -0.491 e. The molecule has 1 aliphatic rings. The highest BCUT2D eigenvalue weighted by atomic mass is 16.5. The normalized spacial score (nSPS) is 19.8. The molecule has 1 aromatic carbocycles. The molecule has 0 amide bonds. The van der Waals surface area contributed by atoms with Crippen LogP contribution in [0.3, 0.4) is 0 Å². The van der Waals surface area contributed by atoms with Crippen molar-refractivity contribution in [2.75, 3.05) is 26.0 Å². The Morgan fingerprint density at radius 2 is 2.14 bits per heavy atom. The third-order valence-electron chi connectivity index (χ3n) is 4.39. The van der Waals surface area contributed by atoms with E-state index in [1.165, 1.54) is 43.5 Å². The molecule has 1 heterocycles. The monoisotopic (exact) mass is 290 g/mol. The molecule has 0 spiro atoms. The minimum absolute atomic E-state index is 0.225. The molecule has 118 valence electrons. The predicted molar refractivity (Wildman–Crippen MR) is 90.3 cm³/mol. The number of hydrogen-bond donors (Lipinski definition) is 1. The number of nitrogens with one attached hydrogen (secondary N) is 1. The summed E-state index contributed by atoms with van der Waals surface area (Å²) in [5.74, 6) is 0.982. The van der Waals surface area contributed by atoms with E-state index in [0.717, 1.165) is 18.2 Å². The molecule has 1 fully saturated rings. The number of anilines is 1. The van der Waals surface area contributed by atoms with Crippen molar-refractivity contribution in [1.82, 2.24) is 4.90 Å². The highest BCUT2D eigenvalue weighted by molar-refractivity contribution is 5.54. The molecule has 0 aromatic heterocycles. The van der Waals surface area contributed by atoms with Crippen LogP contribution in [0.1, 0.15) is 45.1 Å². The average molecular weight is 290 g/mol. The van der Waals surface area contributed by atoms with Gasteiger partial charge < -0.3 is 15.0 Å². The second-order valence-corrected chi connectivity index (χ2v) is 6.40. The molecule has 0 aliphatic carbocycles. The Hall–Kier alpha value is -1.22. The quantitative estimate of drug-likeness (QED) is 0.859. The van der Waals surface area contributed by atoms with Gasteiger partial charge in [-0.1, -0.05) is 6.42 Å². The van der Waals surface area contributed by atoms with E-state index in [0.29, 0.717) is 0 Å². The van der Waals surface area contributed by atoms with Gasteiger partial charge in [0.2, 0.25) is 0 Å². The van der Waals surface area contributed by atoms with Gasteiger partial charge >= 0.3 is 0 Å². The van der Waals surface area contributed by atoms with Gasteiger partial charge in [-0.25, -0.2) is 0 Å². The van der Waals surface area contributed by atoms with Crippen LogP contribution in [0.5, 0.6) is 5.75 Å². The lowest BCUT2D eigenvalue weighted by Gasteiger charge is -2.32. The summed E-state index contributed by atoms with van der Waals surface area (Å²) in [7, 11) is 4.26. The molecule has 1 aliphatic heterocycles. The average Bonchev–Trinajstić information content (AvgIpc) is 2.46. The van der Waals surface area contributed by atoms with Crippen molar-refractivity contribution in [2.24, 2.45) is 0 Å². The molecule has 1 N–H and O–H groups in total. The van der Waals surface area contributed by atoms with E-state index in [4.69, 9.17) is 4.74 Å². The standard InChI is InChI=1S/C18H30N2O/c1-14(2)21-17-10-11-18(19-3)15(13-17)8-9-16-7-5-6-12-20(16)4/h10-11,13-14,16,19H,5-9,12H2,1-4H3. The lowest BCUT2D eigenvalue weighted by atomic mass is 9.96. The first-order valence-corrected chi connectivity index (χ1v) is 8.27. The SMILES string of the molecule is CNc1ccc(OC(C)C)cc1CCC1CCCCN1C. The van der Waals surface area contributed by atoms with E-state index in [-0.39, 0.29) is 6.10 Å². The summed E-state index contributed by atoms with van der Waals surface area (Å²) in [6.07, 6.45) is 6.64. The summed E-state index contributed by atoms with van der Waals surface area (Å²) in [6.45, 7) is 5.39. The molecule has 1 saturated heterocycles. The summed E-state index contributed by atoms with van der Waals surface area (Å²) < 4.78 is 5.83. The lowest BCUT2D eigenvalue weighted by Crippen LogP contribution is -2.36. The van der Waals surface area contributed by atoms with Crippen LogP contribution in [0.25, 0.3) is 0 Å². The van der Waals surface area contributed by atoms with E-state index in [1.54, 1.807) is 0 Å². The zero-order valence-electron chi connectivity index (χ0n) is 14.0. The molecular weight excluding hydrogens is 260 g/mol. The summed E-state index contributed by atoms with van der Waals surface area (Å²) >= 11 is 0. The van der Waals surface area contributed by atoms with E-state index in [1.807, 2.05) is 7.05 Å². The molecule has 21 heavy (non-hydrogen) atoms. The van der Waals surface area contributed by atoms with Crippen molar-refractivity contribution in [3.05, 3.63) is 23.8 Å². The Bertz CT molecular complexity index is 445. The van der Waals surface area contributed by atoms with Crippen LogP contribution in [0.2, 0.25) is 0 Å². The molecule has 2 rings (SSSR count). The first-order chi connectivity index (χ1) is 10.1. The number of nitrogens with zero attached hydrogens (tertiary/aromatic N) is 1. The van der Waals surface area contributed by atoms with Crippen molar-refractivity contribution in [3.63, 3.8) is 0 Å². The third kappa shape index (κ3) is 4.63. The van der Waals surface area contributed by atoms with Crippen molar-refractivity contribution in [2.45, 2.75) is 58.1 Å². The second-order valence-electron chi connectivity index (χ2n) is 6.40. The highest BCUT2D eigenvalue weighted by Gasteiger charge is 2.19. The van der Waals surface area contributed by atoms with Crippen molar-refractivity contribution < 1.29 is 4.74 Å². The third-order valence-corrected chi connectivity index (χ3v) is 4.39. The summed E-state index contributed by atoms with van der Waals surface area (Å²) in [4.78, 5) is 2.52. The van der Waals surface area contributed by atoms with Gasteiger partial charge in [-0.15, -0.1) is 0 Å². The molecule has 1 atom stereocenters. The molecular formula is C18H30N2O. The van der Waals surface area contributed by atoms with Gasteiger partial charge in [0, 0.05) is 18.8 Å². The van der Waals surface area contributed by atoms with Gasteiger partial charge in [0.1, 0.15) is 5.75 Å². The number of piperidine rings is 1. The van der Waals surface area contributed by atoms with Crippen molar-refractivity contribution >= 4 is 5.69 Å². The van der Waals surface area contributed by atoms with Crippen LogP contribution in [0, 0.1) is 0 Å². The molecule has 1 aromatic rings. The van der Waals surface area contributed by atoms with Crippen LogP contribution in [-0.4, -0.2) is 37.7 Å². The van der Waals surface area contributed by atoms with Crippen LogP contribution in [0.4, 0.5) is 5.69 Å². The smallest absolute Gasteiger partial charge is 0.120 e. The van der Waals surface area contributed by atoms with Gasteiger partial charge in [0.15, 0.2) is 0 Å². The molecule has 0 saturated carbocycles. The van der Waals surface area contributed by atoms with Crippen LogP contribution in [-0.2, 0) is 6.42 Å². The van der Waals surface area contributed by atoms with Gasteiger partial charge in [-0.2, -0.15) is 0 Å². The molecule has 3 nitrogen and oxygen atoms in total. The molecule has 0 bridgehead atoms. The molecule has 3 heteroatoms. The second kappa shape index (κ2) is 7.69. The number of ether oxygens (including phenoxy) is 1.